The molecular weight excluding hydrogens is 418 g/mol. The van der Waals surface area contributed by atoms with Gasteiger partial charge in [-0.15, -0.1) is 10.2 Å². The lowest BCUT2D eigenvalue weighted by atomic mass is 10.1. The van der Waals surface area contributed by atoms with Gasteiger partial charge < -0.3 is 9.80 Å². The van der Waals surface area contributed by atoms with Gasteiger partial charge in [0.05, 0.1) is 5.56 Å². The summed E-state index contributed by atoms with van der Waals surface area (Å²) in [7, 11) is 0. The molecule has 0 atom stereocenters. The Kier molecular flexibility index (Phi) is 5.73. The van der Waals surface area contributed by atoms with Gasteiger partial charge in [-0.25, -0.2) is 8.78 Å². The number of hydrogen-bond donors (Lipinski definition) is 0. The Hall–Kier alpha value is -2.58. The highest BCUT2D eigenvalue weighted by Gasteiger charge is 2.25. The molecule has 0 saturated carbocycles. The summed E-state index contributed by atoms with van der Waals surface area (Å²) in [6, 6.07) is 10.4. The third kappa shape index (κ3) is 4.54. The van der Waals surface area contributed by atoms with Crippen molar-refractivity contribution in [2.75, 3.05) is 31.1 Å². The van der Waals surface area contributed by atoms with Gasteiger partial charge in [-0.2, -0.15) is 0 Å². The van der Waals surface area contributed by atoms with Gasteiger partial charge in [0.1, 0.15) is 16.6 Å². The molecule has 150 valence electrons. The molecule has 5 nitrogen and oxygen atoms in total. The second kappa shape index (κ2) is 8.42. The van der Waals surface area contributed by atoms with E-state index < -0.39 is 5.82 Å². The van der Waals surface area contributed by atoms with E-state index in [1.54, 1.807) is 17.0 Å². The summed E-state index contributed by atoms with van der Waals surface area (Å²) in [6.45, 7) is 2.11. The number of aromatic nitrogens is 2. The van der Waals surface area contributed by atoms with Gasteiger partial charge in [-0.3, -0.25) is 4.79 Å². The molecule has 0 aliphatic carbocycles. The van der Waals surface area contributed by atoms with Crippen molar-refractivity contribution in [3.8, 4) is 0 Å². The van der Waals surface area contributed by atoms with Crippen LogP contribution in [-0.2, 0) is 6.42 Å². The zero-order valence-corrected chi connectivity index (χ0v) is 16.9. The molecule has 2 heterocycles. The summed E-state index contributed by atoms with van der Waals surface area (Å²) in [5, 5.41) is 10.4. The average molecular weight is 435 g/mol. The van der Waals surface area contributed by atoms with Crippen LogP contribution in [0, 0.1) is 11.6 Å². The Morgan fingerprint density at radius 1 is 1.03 bits per heavy atom. The molecule has 2 aromatic carbocycles. The maximum absolute atomic E-state index is 14.0. The molecule has 0 bridgehead atoms. The lowest BCUT2D eigenvalue weighted by Crippen LogP contribution is -2.49. The number of piperazine rings is 1. The Morgan fingerprint density at radius 3 is 2.45 bits per heavy atom. The second-order valence-electron chi connectivity index (χ2n) is 6.69. The molecule has 29 heavy (non-hydrogen) atoms. The molecule has 0 unspecified atom stereocenters. The first-order valence-corrected chi connectivity index (χ1v) is 10.2. The highest BCUT2D eigenvalue weighted by Crippen LogP contribution is 2.24. The molecule has 1 aliphatic heterocycles. The molecule has 1 amide bonds. The SMILES string of the molecule is O=C(c1ccc(Cl)cc1F)N1CCN(c2nnc(Cc3ccc(F)cc3)s2)CC1. The van der Waals surface area contributed by atoms with Crippen molar-refractivity contribution >= 4 is 34.0 Å². The Balaban J connectivity index is 1.36. The van der Waals surface area contributed by atoms with Crippen LogP contribution in [0.5, 0.6) is 0 Å². The lowest BCUT2D eigenvalue weighted by Gasteiger charge is -2.34. The summed E-state index contributed by atoms with van der Waals surface area (Å²) in [5.74, 6) is -1.22. The van der Waals surface area contributed by atoms with E-state index in [0.717, 1.165) is 21.8 Å². The van der Waals surface area contributed by atoms with E-state index in [1.165, 1.54) is 35.6 Å². The van der Waals surface area contributed by atoms with E-state index in [1.807, 2.05) is 0 Å². The number of hydrogen-bond acceptors (Lipinski definition) is 5. The predicted octanol–water partition coefficient (Wildman–Crippen LogP) is 4.02. The van der Waals surface area contributed by atoms with E-state index in [2.05, 4.69) is 15.1 Å². The third-order valence-electron chi connectivity index (χ3n) is 4.72. The summed E-state index contributed by atoms with van der Waals surface area (Å²) in [6.07, 6.45) is 0.590. The predicted molar refractivity (Wildman–Crippen MR) is 109 cm³/mol. The largest absolute Gasteiger partial charge is 0.343 e. The third-order valence-corrected chi connectivity index (χ3v) is 5.94. The van der Waals surface area contributed by atoms with Crippen LogP contribution < -0.4 is 4.90 Å². The van der Waals surface area contributed by atoms with Crippen LogP contribution in [0.3, 0.4) is 0 Å². The second-order valence-corrected chi connectivity index (χ2v) is 8.16. The van der Waals surface area contributed by atoms with Crippen molar-refractivity contribution in [2.24, 2.45) is 0 Å². The van der Waals surface area contributed by atoms with Crippen LogP contribution in [0.25, 0.3) is 0 Å². The van der Waals surface area contributed by atoms with E-state index in [9.17, 15) is 13.6 Å². The van der Waals surface area contributed by atoms with Gasteiger partial charge in [0.2, 0.25) is 5.13 Å². The Bertz CT molecular complexity index is 1020. The number of carbonyl (C=O) groups is 1. The number of rotatable bonds is 4. The first kappa shape index (κ1) is 19.7. The quantitative estimate of drug-likeness (QED) is 0.622. The van der Waals surface area contributed by atoms with E-state index in [-0.39, 0.29) is 22.3 Å². The minimum Gasteiger partial charge on any atom is -0.343 e. The molecule has 0 N–H and O–H groups in total. The van der Waals surface area contributed by atoms with E-state index >= 15 is 0 Å². The zero-order chi connectivity index (χ0) is 20.4. The van der Waals surface area contributed by atoms with Crippen LogP contribution in [0.1, 0.15) is 20.9 Å². The van der Waals surface area contributed by atoms with Crippen LogP contribution in [-0.4, -0.2) is 47.2 Å². The van der Waals surface area contributed by atoms with E-state index in [0.29, 0.717) is 32.6 Å². The topological polar surface area (TPSA) is 49.3 Å². The van der Waals surface area contributed by atoms with Gasteiger partial charge in [0.15, 0.2) is 0 Å². The molecular formula is C20H17ClF2N4OS. The molecule has 4 rings (SSSR count). The Morgan fingerprint density at radius 2 is 1.76 bits per heavy atom. The first-order valence-electron chi connectivity index (χ1n) is 9.06. The summed E-state index contributed by atoms with van der Waals surface area (Å²) < 4.78 is 27.0. The summed E-state index contributed by atoms with van der Waals surface area (Å²) in [5.41, 5.74) is 0.995. The molecule has 1 saturated heterocycles. The fourth-order valence-corrected chi connectivity index (χ4v) is 4.24. The van der Waals surface area contributed by atoms with Crippen LogP contribution >= 0.6 is 22.9 Å². The highest BCUT2D eigenvalue weighted by atomic mass is 35.5. The number of carbonyl (C=O) groups excluding carboxylic acids is 1. The highest BCUT2D eigenvalue weighted by molar-refractivity contribution is 7.15. The zero-order valence-electron chi connectivity index (χ0n) is 15.3. The Labute approximate surface area is 175 Å². The van der Waals surface area contributed by atoms with Crippen molar-refractivity contribution in [2.45, 2.75) is 6.42 Å². The molecule has 9 heteroatoms. The van der Waals surface area contributed by atoms with Crippen molar-refractivity contribution in [1.29, 1.82) is 0 Å². The van der Waals surface area contributed by atoms with Crippen LogP contribution in [0.2, 0.25) is 5.02 Å². The normalized spacial score (nSPS) is 14.3. The summed E-state index contributed by atoms with van der Waals surface area (Å²) in [4.78, 5) is 16.3. The molecule has 1 aromatic heterocycles. The molecule has 1 fully saturated rings. The van der Waals surface area contributed by atoms with Crippen molar-refractivity contribution in [3.05, 3.63) is 75.3 Å². The summed E-state index contributed by atoms with van der Waals surface area (Å²) >= 11 is 7.23. The molecule has 3 aromatic rings. The van der Waals surface area contributed by atoms with Crippen LogP contribution in [0.15, 0.2) is 42.5 Å². The van der Waals surface area contributed by atoms with Gasteiger partial charge in [-0.05, 0) is 35.9 Å². The maximum Gasteiger partial charge on any atom is 0.256 e. The monoisotopic (exact) mass is 434 g/mol. The van der Waals surface area contributed by atoms with Crippen molar-refractivity contribution < 1.29 is 13.6 Å². The first-order chi connectivity index (χ1) is 14.0. The van der Waals surface area contributed by atoms with Gasteiger partial charge in [0.25, 0.3) is 5.91 Å². The van der Waals surface area contributed by atoms with Gasteiger partial charge in [0, 0.05) is 37.6 Å². The number of amides is 1. The fraction of sp³-hybridized carbons (Fsp3) is 0.250. The smallest absolute Gasteiger partial charge is 0.256 e. The van der Waals surface area contributed by atoms with Gasteiger partial charge in [-0.1, -0.05) is 35.1 Å². The minimum atomic E-state index is -0.612. The number of halogens is 3. The van der Waals surface area contributed by atoms with Crippen LogP contribution in [0.4, 0.5) is 13.9 Å². The average Bonchev–Trinajstić information content (AvgIpc) is 3.18. The van der Waals surface area contributed by atoms with Crippen molar-refractivity contribution in [3.63, 3.8) is 0 Å². The molecule has 1 aliphatic rings. The fourth-order valence-electron chi connectivity index (χ4n) is 3.15. The van der Waals surface area contributed by atoms with Gasteiger partial charge >= 0.3 is 0 Å². The van der Waals surface area contributed by atoms with Crippen molar-refractivity contribution in [1.82, 2.24) is 15.1 Å². The minimum absolute atomic E-state index is 0.0281. The number of benzene rings is 2. The lowest BCUT2D eigenvalue weighted by molar-refractivity contribution is 0.0742. The van der Waals surface area contributed by atoms with E-state index in [4.69, 9.17) is 11.6 Å². The molecule has 0 spiro atoms. The standard InChI is InChI=1S/C20H17ClF2N4OS/c21-14-3-6-16(17(23)12-14)19(28)26-7-9-27(10-8-26)20-25-24-18(29-20)11-13-1-4-15(22)5-2-13/h1-6,12H,7-11H2. The number of nitrogens with zero attached hydrogens (tertiary/aromatic N) is 4. The molecule has 0 radical (unpaired) electrons. The number of anilines is 1. The maximum atomic E-state index is 14.0.